The van der Waals surface area contributed by atoms with Gasteiger partial charge in [-0.1, -0.05) is 251 Å². The number of amides is 1. The molecule has 0 radical (unpaired) electrons. The molecule has 0 aliphatic carbocycles. The molecule has 0 spiro atoms. The van der Waals surface area contributed by atoms with Gasteiger partial charge in [-0.2, -0.15) is 0 Å². The largest absolute Gasteiger partial charge is 0.472 e. The predicted octanol–water partition coefficient (Wildman–Crippen LogP) is 15.3. The Balaban J connectivity index is 3.82. The Hall–Kier alpha value is -0.500. The zero-order chi connectivity index (χ0) is 44.3. The summed E-state index contributed by atoms with van der Waals surface area (Å²) in [5, 5.41) is 13.9. The van der Waals surface area contributed by atoms with E-state index in [1.807, 2.05) is 21.1 Å². The van der Waals surface area contributed by atoms with Gasteiger partial charge in [0.15, 0.2) is 0 Å². The Morgan fingerprint density at radius 2 is 0.800 bits per heavy atom. The zero-order valence-electron chi connectivity index (χ0n) is 41.0. The number of likely N-dealkylation sites (N-methyl/N-ethyl adjacent to an activating group) is 1. The molecule has 0 bridgehead atoms. The van der Waals surface area contributed by atoms with Crippen molar-refractivity contribution in [1.82, 2.24) is 5.32 Å². The lowest BCUT2D eigenvalue weighted by Crippen LogP contribution is -2.46. The maximum Gasteiger partial charge on any atom is 0.472 e. The van der Waals surface area contributed by atoms with E-state index in [-0.39, 0.29) is 19.1 Å². The molecule has 0 rings (SSSR count). The van der Waals surface area contributed by atoms with Gasteiger partial charge in [-0.25, -0.2) is 4.57 Å². The Bertz CT molecular complexity index is 947. The molecule has 0 aromatic rings. The molecule has 8 nitrogen and oxygen atoms in total. The molecule has 3 unspecified atom stereocenters. The molecular weight excluding hydrogens is 768 g/mol. The molecule has 0 saturated heterocycles. The van der Waals surface area contributed by atoms with Crippen LogP contribution in [0.3, 0.4) is 0 Å². The SMILES string of the molecule is CCCCCCCCCCCCCCCCCCCCCCCCCCCCCCCCCC(=O)NC(COP(=O)(O)OCC[N+](C)(C)C)C(O)CCCCCCCCC. The molecule has 0 heterocycles. The lowest BCUT2D eigenvalue weighted by atomic mass is 10.0. The third-order valence-electron chi connectivity index (χ3n) is 12.4. The highest BCUT2D eigenvalue weighted by Crippen LogP contribution is 2.43. The van der Waals surface area contributed by atoms with Gasteiger partial charge in [-0.15, -0.1) is 0 Å². The van der Waals surface area contributed by atoms with E-state index in [1.54, 1.807) is 0 Å². The van der Waals surface area contributed by atoms with E-state index in [0.717, 1.165) is 38.5 Å². The number of hydrogen-bond donors (Lipinski definition) is 3. The molecule has 0 saturated carbocycles. The van der Waals surface area contributed by atoms with Gasteiger partial charge in [-0.3, -0.25) is 13.8 Å². The molecule has 0 aliphatic heterocycles. The van der Waals surface area contributed by atoms with Crippen LogP contribution < -0.4 is 5.32 Å². The summed E-state index contributed by atoms with van der Waals surface area (Å²) in [4.78, 5) is 23.1. The van der Waals surface area contributed by atoms with Crippen LogP contribution in [0.25, 0.3) is 0 Å². The Morgan fingerprint density at radius 1 is 0.500 bits per heavy atom. The molecule has 360 valence electrons. The number of aliphatic hydroxyl groups is 1. The molecule has 3 atom stereocenters. The first-order valence-electron chi connectivity index (χ1n) is 26.4. The van der Waals surface area contributed by atoms with Crippen molar-refractivity contribution in [2.45, 2.75) is 283 Å². The van der Waals surface area contributed by atoms with E-state index >= 15 is 0 Å². The highest BCUT2D eigenvalue weighted by molar-refractivity contribution is 7.47. The Labute approximate surface area is 374 Å². The van der Waals surface area contributed by atoms with Crippen LogP contribution in [0.5, 0.6) is 0 Å². The maximum atomic E-state index is 12.9. The van der Waals surface area contributed by atoms with E-state index in [9.17, 15) is 19.4 Å². The molecule has 0 aromatic carbocycles. The average molecular weight is 874 g/mol. The fraction of sp³-hybridized carbons (Fsp3) is 0.980. The topological polar surface area (TPSA) is 105 Å². The van der Waals surface area contributed by atoms with E-state index in [2.05, 4.69) is 19.2 Å². The number of nitrogens with one attached hydrogen (secondary N) is 1. The van der Waals surface area contributed by atoms with Crippen LogP contribution in [0.2, 0.25) is 0 Å². The number of nitrogens with zero attached hydrogens (tertiary/aromatic N) is 1. The monoisotopic (exact) mass is 874 g/mol. The third-order valence-corrected chi connectivity index (χ3v) is 13.3. The fourth-order valence-electron chi connectivity index (χ4n) is 8.17. The Kier molecular flexibility index (Phi) is 43.4. The van der Waals surface area contributed by atoms with Crippen molar-refractivity contribution < 1.29 is 32.9 Å². The number of rotatable bonds is 49. The minimum absolute atomic E-state index is 0.0780. The summed E-state index contributed by atoms with van der Waals surface area (Å²) in [6, 6.07) is -0.751. The van der Waals surface area contributed by atoms with Gasteiger partial charge in [0.05, 0.1) is 39.9 Å². The van der Waals surface area contributed by atoms with Crippen molar-refractivity contribution in [3.8, 4) is 0 Å². The summed E-state index contributed by atoms with van der Waals surface area (Å²) in [7, 11) is 1.63. The van der Waals surface area contributed by atoms with E-state index < -0.39 is 20.0 Å². The second-order valence-electron chi connectivity index (χ2n) is 19.6. The second kappa shape index (κ2) is 43.7. The van der Waals surface area contributed by atoms with Crippen LogP contribution in [0.15, 0.2) is 0 Å². The number of phosphoric acid groups is 1. The second-order valence-corrected chi connectivity index (χ2v) is 21.1. The summed E-state index contributed by atoms with van der Waals surface area (Å²) in [6.07, 6.45) is 50.5. The summed E-state index contributed by atoms with van der Waals surface area (Å²) >= 11 is 0. The molecule has 1 amide bonds. The summed E-state index contributed by atoms with van der Waals surface area (Å²) in [5.41, 5.74) is 0. The normalized spacial score (nSPS) is 14.1. The highest BCUT2D eigenvalue weighted by atomic mass is 31.2. The summed E-state index contributed by atoms with van der Waals surface area (Å²) in [6.45, 7) is 4.87. The Morgan fingerprint density at radius 3 is 1.12 bits per heavy atom. The van der Waals surface area contributed by atoms with Crippen LogP contribution >= 0.6 is 7.82 Å². The van der Waals surface area contributed by atoms with E-state index in [0.29, 0.717) is 23.9 Å². The molecule has 0 aliphatic rings. The van der Waals surface area contributed by atoms with Crippen LogP contribution in [0.4, 0.5) is 0 Å². The number of quaternary nitrogens is 1. The fourth-order valence-corrected chi connectivity index (χ4v) is 8.90. The van der Waals surface area contributed by atoms with Crippen molar-refractivity contribution in [3.63, 3.8) is 0 Å². The number of hydrogen-bond acceptors (Lipinski definition) is 5. The number of unbranched alkanes of at least 4 members (excludes halogenated alkanes) is 36. The number of phosphoric ester groups is 1. The van der Waals surface area contributed by atoms with Gasteiger partial charge in [-0.05, 0) is 12.8 Å². The van der Waals surface area contributed by atoms with Gasteiger partial charge in [0.25, 0.3) is 0 Å². The number of aliphatic hydroxyl groups excluding tert-OH is 1. The van der Waals surface area contributed by atoms with E-state index in [4.69, 9.17) is 9.05 Å². The van der Waals surface area contributed by atoms with E-state index in [1.165, 1.54) is 205 Å². The minimum atomic E-state index is -4.30. The quantitative estimate of drug-likeness (QED) is 0.0319. The smallest absolute Gasteiger partial charge is 0.391 e. The van der Waals surface area contributed by atoms with Crippen molar-refractivity contribution in [2.24, 2.45) is 0 Å². The van der Waals surface area contributed by atoms with Crippen LogP contribution in [0, 0.1) is 0 Å². The lowest BCUT2D eigenvalue weighted by Gasteiger charge is -2.26. The summed E-state index contributed by atoms with van der Waals surface area (Å²) < 4.78 is 23.6. The van der Waals surface area contributed by atoms with Crippen molar-refractivity contribution >= 4 is 13.7 Å². The molecule has 0 aromatic heterocycles. The average Bonchev–Trinajstić information content (AvgIpc) is 3.20. The number of carbonyl (C=O) groups is 1. The molecule has 60 heavy (non-hydrogen) atoms. The van der Waals surface area contributed by atoms with Gasteiger partial charge in [0, 0.05) is 6.42 Å². The maximum absolute atomic E-state index is 12.9. The van der Waals surface area contributed by atoms with Crippen LogP contribution in [-0.4, -0.2) is 73.4 Å². The zero-order valence-corrected chi connectivity index (χ0v) is 41.9. The van der Waals surface area contributed by atoms with Crippen molar-refractivity contribution in [2.75, 3.05) is 40.9 Å². The van der Waals surface area contributed by atoms with Crippen LogP contribution in [-0.2, 0) is 18.4 Å². The molecule has 3 N–H and O–H groups in total. The minimum Gasteiger partial charge on any atom is -0.391 e. The number of carbonyl (C=O) groups excluding carboxylic acids is 1. The molecular formula is C51H106N2O6P+. The predicted molar refractivity (Wildman–Crippen MR) is 259 cm³/mol. The van der Waals surface area contributed by atoms with Crippen molar-refractivity contribution in [3.05, 3.63) is 0 Å². The third kappa shape index (κ3) is 45.5. The summed E-state index contributed by atoms with van der Waals surface area (Å²) in [5.74, 6) is -0.142. The first-order valence-corrected chi connectivity index (χ1v) is 27.9. The van der Waals surface area contributed by atoms with Crippen LogP contribution in [0.1, 0.15) is 271 Å². The first kappa shape index (κ1) is 59.5. The van der Waals surface area contributed by atoms with Gasteiger partial charge in [0.1, 0.15) is 13.2 Å². The van der Waals surface area contributed by atoms with Gasteiger partial charge < -0.3 is 19.8 Å². The molecule has 0 fully saturated rings. The first-order chi connectivity index (χ1) is 29.0. The van der Waals surface area contributed by atoms with Gasteiger partial charge in [0.2, 0.25) is 5.91 Å². The highest BCUT2D eigenvalue weighted by Gasteiger charge is 2.28. The van der Waals surface area contributed by atoms with Crippen molar-refractivity contribution in [1.29, 1.82) is 0 Å². The molecule has 9 heteroatoms. The lowest BCUT2D eigenvalue weighted by molar-refractivity contribution is -0.870. The van der Waals surface area contributed by atoms with Gasteiger partial charge >= 0.3 is 7.82 Å². The standard InChI is InChI=1S/C51H105N2O6P/c1-6-8-10-12-14-15-16-17-18-19-20-21-22-23-24-25-26-27-28-29-30-31-32-33-34-35-36-37-39-41-43-45-51(55)52-49(50(54)44-42-40-38-13-11-9-7-2)48-59-60(56,57)58-47-46-53(3,4)5/h49-50,54H,6-48H2,1-5H3,(H-,52,55,56,57)/p+1.